The highest BCUT2D eigenvalue weighted by molar-refractivity contribution is 7.99. The molecule has 3 heterocycles. The lowest BCUT2D eigenvalue weighted by Gasteiger charge is -2.36. The third-order valence-electron chi connectivity index (χ3n) is 7.33. The molecule has 2 saturated heterocycles. The van der Waals surface area contributed by atoms with Gasteiger partial charge in [0.25, 0.3) is 5.69 Å². The molecule has 3 aliphatic heterocycles. The number of fused-ring (bicyclic) bond motifs is 4. The molecule has 34 heavy (non-hydrogen) atoms. The number of nitrogens with zero attached hydrogens (tertiary/aromatic N) is 2. The Morgan fingerprint density at radius 2 is 1.82 bits per heavy atom. The number of amides is 1. The summed E-state index contributed by atoms with van der Waals surface area (Å²) < 4.78 is 0. The number of ketones is 1. The van der Waals surface area contributed by atoms with Gasteiger partial charge in [-0.15, -0.1) is 11.8 Å². The van der Waals surface area contributed by atoms with Gasteiger partial charge in [0.2, 0.25) is 5.91 Å². The second-order valence-electron chi connectivity index (χ2n) is 8.89. The first-order valence-corrected chi connectivity index (χ1v) is 12.3. The summed E-state index contributed by atoms with van der Waals surface area (Å²) in [5.74, 6) is -0.0859. The SMILES string of the molecule is O=C(c1ccccc1)[C@@H]1[C@@H](c2cccc([N+](=O)[O-])c2)[C@@H]2CSCN2[C@@]12C(=O)Nc1ccccc12. The quantitative estimate of drug-likeness (QED) is 0.344. The molecule has 4 atom stereocenters. The zero-order valence-corrected chi connectivity index (χ0v) is 18.9. The lowest BCUT2D eigenvalue weighted by molar-refractivity contribution is -0.384. The second kappa shape index (κ2) is 7.78. The second-order valence-corrected chi connectivity index (χ2v) is 9.89. The average molecular weight is 472 g/mol. The first-order valence-electron chi connectivity index (χ1n) is 11.1. The van der Waals surface area contributed by atoms with Crippen molar-refractivity contribution in [3.8, 4) is 0 Å². The van der Waals surface area contributed by atoms with Crippen molar-refractivity contribution in [3.63, 3.8) is 0 Å². The molecule has 0 unspecified atom stereocenters. The van der Waals surface area contributed by atoms with Gasteiger partial charge in [-0.05, 0) is 11.6 Å². The van der Waals surface area contributed by atoms with E-state index in [4.69, 9.17) is 0 Å². The number of nitro benzene ring substituents is 1. The Labute approximate surface area is 200 Å². The molecule has 1 spiro atoms. The molecule has 3 aliphatic rings. The summed E-state index contributed by atoms with van der Waals surface area (Å²) >= 11 is 1.72. The molecule has 7 nitrogen and oxygen atoms in total. The number of carbonyl (C=O) groups excluding carboxylic acids is 2. The van der Waals surface area contributed by atoms with Crippen LogP contribution in [0.5, 0.6) is 0 Å². The van der Waals surface area contributed by atoms with Gasteiger partial charge in [0.15, 0.2) is 5.78 Å². The zero-order chi connectivity index (χ0) is 23.4. The van der Waals surface area contributed by atoms with Crippen molar-refractivity contribution < 1.29 is 14.5 Å². The highest BCUT2D eigenvalue weighted by Crippen LogP contribution is 2.61. The van der Waals surface area contributed by atoms with Crippen molar-refractivity contribution in [2.45, 2.75) is 17.5 Å². The normalized spacial score (nSPS) is 27.4. The van der Waals surface area contributed by atoms with Gasteiger partial charge < -0.3 is 5.32 Å². The van der Waals surface area contributed by atoms with Crippen LogP contribution in [0.1, 0.15) is 27.4 Å². The van der Waals surface area contributed by atoms with Gasteiger partial charge in [-0.2, -0.15) is 0 Å². The van der Waals surface area contributed by atoms with Gasteiger partial charge in [0.05, 0.1) is 10.8 Å². The number of benzene rings is 3. The number of hydrogen-bond acceptors (Lipinski definition) is 6. The van der Waals surface area contributed by atoms with Crippen LogP contribution in [0.2, 0.25) is 0 Å². The van der Waals surface area contributed by atoms with Crippen molar-refractivity contribution >= 4 is 34.8 Å². The summed E-state index contributed by atoms with van der Waals surface area (Å²) in [7, 11) is 0. The number of rotatable bonds is 4. The highest BCUT2D eigenvalue weighted by atomic mass is 32.2. The molecule has 0 saturated carbocycles. The van der Waals surface area contributed by atoms with E-state index in [-0.39, 0.29) is 29.3 Å². The summed E-state index contributed by atoms with van der Waals surface area (Å²) in [5.41, 5.74) is 1.58. The Hall–Kier alpha value is -3.49. The van der Waals surface area contributed by atoms with E-state index in [1.165, 1.54) is 6.07 Å². The van der Waals surface area contributed by atoms with E-state index < -0.39 is 16.4 Å². The Balaban J connectivity index is 1.62. The first kappa shape index (κ1) is 21.1. The summed E-state index contributed by atoms with van der Waals surface area (Å²) in [5, 5.41) is 14.6. The largest absolute Gasteiger partial charge is 0.324 e. The monoisotopic (exact) mass is 471 g/mol. The van der Waals surface area contributed by atoms with E-state index >= 15 is 0 Å². The Kier molecular flexibility index (Phi) is 4.82. The molecule has 6 rings (SSSR count). The standard InChI is InChI=1S/C26H21N3O4S/c30-24(16-7-2-1-3-8-16)23-22(17-9-6-10-18(13-17)29(32)33)21-14-34-15-28(21)26(23)19-11-4-5-12-20(19)27-25(26)31/h1-13,21-23H,14-15H2,(H,27,31)/t21-,22-,23-,26+/m0/s1. The average Bonchev–Trinajstić information content (AvgIpc) is 3.52. The van der Waals surface area contributed by atoms with Crippen molar-refractivity contribution in [2.75, 3.05) is 16.9 Å². The van der Waals surface area contributed by atoms with Crippen molar-refractivity contribution in [1.82, 2.24) is 4.90 Å². The number of hydrogen-bond donors (Lipinski definition) is 1. The molecule has 0 aromatic heterocycles. The molecule has 3 aromatic carbocycles. The summed E-state index contributed by atoms with van der Waals surface area (Å²) in [6.45, 7) is 0. The molecule has 3 aromatic rings. The van der Waals surface area contributed by atoms with Crippen LogP contribution in [0.4, 0.5) is 11.4 Å². The summed E-state index contributed by atoms with van der Waals surface area (Å²) in [4.78, 5) is 41.4. The molecule has 8 heteroatoms. The van der Waals surface area contributed by atoms with E-state index in [0.29, 0.717) is 17.1 Å². The minimum atomic E-state index is -1.17. The van der Waals surface area contributed by atoms with E-state index in [1.54, 1.807) is 36.0 Å². The lowest BCUT2D eigenvalue weighted by atomic mass is 9.69. The topological polar surface area (TPSA) is 92.5 Å². The zero-order valence-electron chi connectivity index (χ0n) is 18.1. The number of thioether (sulfide) groups is 1. The molecule has 1 N–H and O–H groups in total. The van der Waals surface area contributed by atoms with Gasteiger partial charge in [-0.1, -0.05) is 60.7 Å². The van der Waals surface area contributed by atoms with Crippen molar-refractivity contribution in [3.05, 3.63) is 106 Å². The number of non-ortho nitro benzene ring substituents is 1. The third-order valence-corrected chi connectivity index (χ3v) is 8.37. The molecule has 170 valence electrons. The van der Waals surface area contributed by atoms with Crippen LogP contribution in [0.3, 0.4) is 0 Å². The van der Waals surface area contributed by atoms with Gasteiger partial charge in [-0.3, -0.25) is 24.6 Å². The summed E-state index contributed by atoms with van der Waals surface area (Å²) in [6.07, 6.45) is 0. The molecular weight excluding hydrogens is 450 g/mol. The fourth-order valence-electron chi connectivity index (χ4n) is 6.03. The smallest absolute Gasteiger partial charge is 0.269 e. The Bertz CT molecular complexity index is 1330. The van der Waals surface area contributed by atoms with Crippen LogP contribution in [0.25, 0.3) is 0 Å². The van der Waals surface area contributed by atoms with Crippen LogP contribution in [-0.4, -0.2) is 39.2 Å². The highest BCUT2D eigenvalue weighted by Gasteiger charge is 2.69. The maximum atomic E-state index is 14.2. The van der Waals surface area contributed by atoms with E-state index in [9.17, 15) is 19.7 Å². The van der Waals surface area contributed by atoms with Gasteiger partial charge in [0.1, 0.15) is 5.54 Å². The maximum Gasteiger partial charge on any atom is 0.269 e. The fourth-order valence-corrected chi connectivity index (χ4v) is 7.36. The van der Waals surface area contributed by atoms with E-state index in [0.717, 1.165) is 16.9 Å². The van der Waals surface area contributed by atoms with Gasteiger partial charge in [0, 0.05) is 52.5 Å². The number of Topliss-reactive ketones (excluding diaryl/α,β-unsaturated/α-hetero) is 1. The number of nitrogens with one attached hydrogen (secondary N) is 1. The number of para-hydroxylation sites is 1. The van der Waals surface area contributed by atoms with Crippen molar-refractivity contribution in [2.24, 2.45) is 5.92 Å². The minimum Gasteiger partial charge on any atom is -0.324 e. The van der Waals surface area contributed by atoms with Gasteiger partial charge >= 0.3 is 0 Å². The predicted molar refractivity (Wildman–Crippen MR) is 130 cm³/mol. The molecule has 1 amide bonds. The number of anilines is 1. The van der Waals surface area contributed by atoms with Crippen LogP contribution < -0.4 is 5.32 Å². The van der Waals surface area contributed by atoms with Crippen LogP contribution in [-0.2, 0) is 10.3 Å². The first-order chi connectivity index (χ1) is 16.5. The Morgan fingerprint density at radius 3 is 2.62 bits per heavy atom. The lowest BCUT2D eigenvalue weighted by Crippen LogP contribution is -2.52. The number of carbonyl (C=O) groups is 2. The van der Waals surface area contributed by atoms with Crippen LogP contribution in [0, 0.1) is 16.0 Å². The van der Waals surface area contributed by atoms with Crippen LogP contribution >= 0.6 is 11.8 Å². The third kappa shape index (κ3) is 2.82. The molecular formula is C26H21N3O4S. The van der Waals surface area contributed by atoms with Crippen LogP contribution in [0.15, 0.2) is 78.9 Å². The molecule has 0 radical (unpaired) electrons. The van der Waals surface area contributed by atoms with Gasteiger partial charge in [-0.25, -0.2) is 0 Å². The Morgan fingerprint density at radius 1 is 1.06 bits per heavy atom. The fraction of sp³-hybridized carbons (Fsp3) is 0.231. The minimum absolute atomic E-state index is 0.0159. The summed E-state index contributed by atoms with van der Waals surface area (Å²) in [6, 6.07) is 23.0. The predicted octanol–water partition coefficient (Wildman–Crippen LogP) is 4.41. The maximum absolute atomic E-state index is 14.2. The van der Waals surface area contributed by atoms with E-state index in [2.05, 4.69) is 10.2 Å². The molecule has 0 bridgehead atoms. The molecule has 0 aliphatic carbocycles. The van der Waals surface area contributed by atoms with Crippen molar-refractivity contribution in [1.29, 1.82) is 0 Å². The van der Waals surface area contributed by atoms with E-state index in [1.807, 2.05) is 48.5 Å². The molecule has 2 fully saturated rings. The number of nitro groups is 1.